The van der Waals surface area contributed by atoms with E-state index in [2.05, 4.69) is 39.5 Å². The summed E-state index contributed by atoms with van der Waals surface area (Å²) in [6.45, 7) is 2.08. The molecule has 11 heavy (non-hydrogen) atoms. The predicted molar refractivity (Wildman–Crippen MR) is 50.7 cm³/mol. The molecule has 0 aliphatic heterocycles. The Labute approximate surface area is 78.7 Å². The van der Waals surface area contributed by atoms with Crippen LogP contribution in [0.4, 0.5) is 0 Å². The smallest absolute Gasteiger partial charge is 0.171 e. The Kier molecular flexibility index (Phi) is 3.04. The predicted octanol–water partition coefficient (Wildman–Crippen LogP) is 1.78. The summed E-state index contributed by atoms with van der Waals surface area (Å²) in [5, 5.41) is 0. The largest absolute Gasteiger partial charge is 0.337 e. The first-order valence-corrected chi connectivity index (χ1v) is 4.55. The van der Waals surface area contributed by atoms with E-state index in [1.54, 1.807) is 0 Å². The summed E-state index contributed by atoms with van der Waals surface area (Å²) >= 11 is 2.07. The molecule has 1 rings (SSSR count). The number of imidazole rings is 1. The van der Waals surface area contributed by atoms with Gasteiger partial charge < -0.3 is 4.98 Å². The van der Waals surface area contributed by atoms with Gasteiger partial charge in [0.05, 0.1) is 0 Å². The fourth-order valence-corrected chi connectivity index (χ4v) is 1.41. The first-order valence-electron chi connectivity index (χ1n) is 3.47. The van der Waals surface area contributed by atoms with Gasteiger partial charge in [0.1, 0.15) is 15.2 Å². The molecule has 1 aromatic heterocycles. The van der Waals surface area contributed by atoms with E-state index in [0.29, 0.717) is 5.69 Å². The van der Waals surface area contributed by atoms with Gasteiger partial charge in [-0.3, -0.25) is 4.79 Å². The average Bonchev–Trinajstić information content (AvgIpc) is 2.32. The zero-order valence-electron chi connectivity index (χ0n) is 6.22. The van der Waals surface area contributed by atoms with Gasteiger partial charge in [0.25, 0.3) is 0 Å². The third kappa shape index (κ3) is 2.02. The highest BCUT2D eigenvalue weighted by Crippen LogP contribution is 2.07. The molecule has 3 nitrogen and oxygen atoms in total. The van der Waals surface area contributed by atoms with Crippen molar-refractivity contribution in [2.45, 2.75) is 19.8 Å². The van der Waals surface area contributed by atoms with E-state index in [9.17, 15) is 4.79 Å². The second-order valence-corrected chi connectivity index (χ2v) is 3.33. The number of aromatic nitrogens is 2. The summed E-state index contributed by atoms with van der Waals surface area (Å²) in [6, 6.07) is 0. The Bertz CT molecular complexity index is 257. The molecule has 1 heterocycles. The van der Waals surface area contributed by atoms with Crippen LogP contribution in [0.25, 0.3) is 0 Å². The minimum absolute atomic E-state index is 0.522. The molecule has 0 radical (unpaired) electrons. The van der Waals surface area contributed by atoms with Crippen LogP contribution in [0, 0.1) is 3.70 Å². The number of nitrogens with zero attached hydrogens (tertiary/aromatic N) is 1. The molecule has 0 saturated carbocycles. The number of carbonyl (C=O) groups excluding carboxylic acids is 1. The van der Waals surface area contributed by atoms with Gasteiger partial charge in [-0.1, -0.05) is 6.92 Å². The van der Waals surface area contributed by atoms with Crippen LogP contribution in [-0.4, -0.2) is 16.3 Å². The van der Waals surface area contributed by atoms with Crippen LogP contribution >= 0.6 is 22.6 Å². The van der Waals surface area contributed by atoms with Crippen molar-refractivity contribution < 1.29 is 4.79 Å². The molecular formula is C7H9IN2O. The normalized spacial score (nSPS) is 10.0. The number of aryl methyl sites for hydroxylation is 1. The maximum atomic E-state index is 10.4. The molecule has 0 fully saturated rings. The van der Waals surface area contributed by atoms with E-state index < -0.39 is 0 Å². The number of carbonyl (C=O) groups is 1. The van der Waals surface area contributed by atoms with Crippen molar-refractivity contribution >= 4 is 28.9 Å². The number of halogens is 1. The standard InChI is InChI=1S/C7H9IN2O/c1-2-3-6-9-5(4-11)7(8)10-6/h4H,2-3H2,1H3,(H,9,10). The number of aldehydes is 1. The maximum Gasteiger partial charge on any atom is 0.171 e. The van der Waals surface area contributed by atoms with Crippen molar-refractivity contribution in [3.63, 3.8) is 0 Å². The van der Waals surface area contributed by atoms with E-state index in [1.165, 1.54) is 0 Å². The Morgan fingerprint density at radius 2 is 2.45 bits per heavy atom. The fraction of sp³-hybridized carbons (Fsp3) is 0.429. The van der Waals surface area contributed by atoms with E-state index in [-0.39, 0.29) is 0 Å². The summed E-state index contributed by atoms with van der Waals surface area (Å²) in [6.07, 6.45) is 2.73. The number of hydrogen-bond donors (Lipinski definition) is 1. The lowest BCUT2D eigenvalue weighted by Gasteiger charge is -1.86. The molecule has 60 valence electrons. The van der Waals surface area contributed by atoms with Crippen molar-refractivity contribution in [3.8, 4) is 0 Å². The Morgan fingerprint density at radius 1 is 1.73 bits per heavy atom. The third-order valence-corrected chi connectivity index (χ3v) is 2.16. The summed E-state index contributed by atoms with van der Waals surface area (Å²) in [7, 11) is 0. The second-order valence-electron chi connectivity index (χ2n) is 2.25. The first kappa shape index (κ1) is 8.70. The van der Waals surface area contributed by atoms with Crippen molar-refractivity contribution in [3.05, 3.63) is 15.2 Å². The summed E-state index contributed by atoms with van der Waals surface area (Å²) in [5.74, 6) is 0.902. The molecule has 0 saturated heterocycles. The van der Waals surface area contributed by atoms with Crippen molar-refractivity contribution in [1.82, 2.24) is 9.97 Å². The Morgan fingerprint density at radius 3 is 2.91 bits per heavy atom. The molecule has 1 N–H and O–H groups in total. The van der Waals surface area contributed by atoms with Gasteiger partial charge in [-0.05, 0) is 29.0 Å². The topological polar surface area (TPSA) is 45.8 Å². The lowest BCUT2D eigenvalue weighted by molar-refractivity contribution is 0.111. The van der Waals surface area contributed by atoms with Crippen LogP contribution in [-0.2, 0) is 6.42 Å². The zero-order chi connectivity index (χ0) is 8.27. The Balaban J connectivity index is 2.86. The average molecular weight is 264 g/mol. The highest BCUT2D eigenvalue weighted by atomic mass is 127. The van der Waals surface area contributed by atoms with E-state index in [0.717, 1.165) is 28.7 Å². The minimum Gasteiger partial charge on any atom is -0.337 e. The molecule has 1 aromatic rings. The van der Waals surface area contributed by atoms with Gasteiger partial charge in [-0.2, -0.15) is 0 Å². The molecule has 0 aliphatic carbocycles. The van der Waals surface area contributed by atoms with Crippen molar-refractivity contribution in [1.29, 1.82) is 0 Å². The van der Waals surface area contributed by atoms with Crippen LogP contribution in [0.1, 0.15) is 29.7 Å². The van der Waals surface area contributed by atoms with Crippen LogP contribution < -0.4 is 0 Å². The van der Waals surface area contributed by atoms with Gasteiger partial charge in [0.15, 0.2) is 6.29 Å². The number of H-pyrrole nitrogens is 1. The minimum atomic E-state index is 0.522. The van der Waals surface area contributed by atoms with Gasteiger partial charge >= 0.3 is 0 Å². The second kappa shape index (κ2) is 3.85. The highest BCUT2D eigenvalue weighted by Gasteiger charge is 2.04. The molecule has 0 bridgehead atoms. The fourth-order valence-electron chi connectivity index (χ4n) is 0.846. The molecule has 0 aliphatic rings. The monoisotopic (exact) mass is 264 g/mol. The van der Waals surface area contributed by atoms with Crippen LogP contribution in [0.15, 0.2) is 0 Å². The summed E-state index contributed by atoms with van der Waals surface area (Å²) in [4.78, 5) is 17.5. The molecule has 0 spiro atoms. The van der Waals surface area contributed by atoms with Crippen molar-refractivity contribution in [2.75, 3.05) is 0 Å². The number of nitrogens with one attached hydrogen (secondary N) is 1. The lowest BCUT2D eigenvalue weighted by atomic mass is 10.3. The van der Waals surface area contributed by atoms with Gasteiger partial charge in [-0.15, -0.1) is 0 Å². The van der Waals surface area contributed by atoms with E-state index in [4.69, 9.17) is 0 Å². The third-order valence-electron chi connectivity index (χ3n) is 1.33. The molecule has 0 aromatic carbocycles. The molecule has 4 heteroatoms. The van der Waals surface area contributed by atoms with E-state index >= 15 is 0 Å². The molecule has 0 amide bonds. The first-order chi connectivity index (χ1) is 5.27. The van der Waals surface area contributed by atoms with Gasteiger partial charge in [-0.25, -0.2) is 4.98 Å². The highest BCUT2D eigenvalue weighted by molar-refractivity contribution is 14.1. The Hall–Kier alpha value is -0.390. The number of aromatic amines is 1. The molecule has 0 atom stereocenters. The van der Waals surface area contributed by atoms with Gasteiger partial charge in [0.2, 0.25) is 0 Å². The van der Waals surface area contributed by atoms with E-state index in [1.807, 2.05) is 0 Å². The number of rotatable bonds is 3. The summed E-state index contributed by atoms with van der Waals surface area (Å²) < 4.78 is 0.834. The van der Waals surface area contributed by atoms with Crippen molar-refractivity contribution in [2.24, 2.45) is 0 Å². The van der Waals surface area contributed by atoms with Crippen LogP contribution in [0.2, 0.25) is 0 Å². The number of hydrogen-bond acceptors (Lipinski definition) is 2. The van der Waals surface area contributed by atoms with Gasteiger partial charge in [0, 0.05) is 6.42 Å². The zero-order valence-corrected chi connectivity index (χ0v) is 8.38. The SMILES string of the molecule is CCCc1nc(C=O)c(I)[nH]1. The van der Waals surface area contributed by atoms with Crippen LogP contribution in [0.5, 0.6) is 0 Å². The van der Waals surface area contributed by atoms with Crippen LogP contribution in [0.3, 0.4) is 0 Å². The summed E-state index contributed by atoms with van der Waals surface area (Å²) in [5.41, 5.74) is 0.522. The molecule has 0 unspecified atom stereocenters. The molecular weight excluding hydrogens is 255 g/mol. The quantitative estimate of drug-likeness (QED) is 0.668. The lowest BCUT2D eigenvalue weighted by Crippen LogP contribution is -1.85. The maximum absolute atomic E-state index is 10.4.